The average molecular weight is 244 g/mol. The first-order valence-electron chi connectivity index (χ1n) is 6.12. The molecule has 100 valence electrons. The topological polar surface area (TPSA) is 61.8 Å². The van der Waals surface area contributed by atoms with E-state index in [-0.39, 0.29) is 24.8 Å². The fourth-order valence-electron chi connectivity index (χ4n) is 2.02. The molecule has 0 bridgehead atoms. The van der Waals surface area contributed by atoms with Crippen molar-refractivity contribution in [3.8, 4) is 0 Å². The molecule has 1 saturated heterocycles. The summed E-state index contributed by atoms with van der Waals surface area (Å²) < 4.78 is 5.21. The molecule has 2 atom stereocenters. The average Bonchev–Trinajstić information content (AvgIpc) is 2.14. The summed E-state index contributed by atoms with van der Waals surface area (Å²) in [5.74, 6) is 0. The Morgan fingerprint density at radius 2 is 2.12 bits per heavy atom. The molecule has 0 saturated carbocycles. The van der Waals surface area contributed by atoms with Crippen LogP contribution < -0.4 is 5.32 Å². The van der Waals surface area contributed by atoms with Crippen molar-refractivity contribution in [2.75, 3.05) is 20.2 Å². The molecule has 17 heavy (non-hydrogen) atoms. The quantitative estimate of drug-likeness (QED) is 0.759. The molecule has 0 spiro atoms. The molecule has 1 aliphatic heterocycles. The number of hydrogen-bond acceptors (Lipinski definition) is 4. The lowest BCUT2D eigenvalue weighted by molar-refractivity contribution is 0.0432. The van der Waals surface area contributed by atoms with E-state index in [0.29, 0.717) is 0 Å². The van der Waals surface area contributed by atoms with Crippen molar-refractivity contribution in [1.29, 1.82) is 0 Å². The highest BCUT2D eigenvalue weighted by Crippen LogP contribution is 2.16. The number of rotatable bonds is 2. The molecule has 0 aromatic heterocycles. The van der Waals surface area contributed by atoms with E-state index in [1.807, 2.05) is 27.8 Å². The maximum Gasteiger partial charge on any atom is 0.407 e. The smallest absolute Gasteiger partial charge is 0.407 e. The fourth-order valence-corrected chi connectivity index (χ4v) is 2.02. The summed E-state index contributed by atoms with van der Waals surface area (Å²) in [4.78, 5) is 13.7. The van der Waals surface area contributed by atoms with Gasteiger partial charge in [0, 0.05) is 18.6 Å². The van der Waals surface area contributed by atoms with Gasteiger partial charge in [0.15, 0.2) is 0 Å². The second-order valence-electron chi connectivity index (χ2n) is 5.70. The maximum absolute atomic E-state index is 11.6. The molecule has 5 heteroatoms. The third-order valence-corrected chi connectivity index (χ3v) is 2.91. The van der Waals surface area contributed by atoms with Crippen molar-refractivity contribution >= 4 is 6.09 Å². The molecule has 0 aromatic rings. The third-order valence-electron chi connectivity index (χ3n) is 2.91. The molecule has 1 rings (SSSR count). The van der Waals surface area contributed by atoms with E-state index >= 15 is 0 Å². The van der Waals surface area contributed by atoms with E-state index in [4.69, 9.17) is 9.84 Å². The first kappa shape index (κ1) is 14.3. The summed E-state index contributed by atoms with van der Waals surface area (Å²) in [5, 5.41) is 12.0. The zero-order valence-corrected chi connectivity index (χ0v) is 11.2. The number of aliphatic hydroxyl groups excluding tert-OH is 1. The number of aliphatic hydroxyl groups is 1. The highest BCUT2D eigenvalue weighted by Gasteiger charge is 2.27. The molecule has 1 amide bonds. The van der Waals surface area contributed by atoms with Crippen LogP contribution in [0.3, 0.4) is 0 Å². The van der Waals surface area contributed by atoms with Gasteiger partial charge in [-0.05, 0) is 40.7 Å². The van der Waals surface area contributed by atoms with Crippen molar-refractivity contribution in [2.45, 2.75) is 51.3 Å². The van der Waals surface area contributed by atoms with Gasteiger partial charge in [0.1, 0.15) is 5.60 Å². The second-order valence-corrected chi connectivity index (χ2v) is 5.70. The SMILES string of the molecule is CN1CC(NC(=O)OC(C)(C)C)CCC1CO. The summed E-state index contributed by atoms with van der Waals surface area (Å²) >= 11 is 0. The molecule has 1 fully saturated rings. The Bertz CT molecular complexity index is 263. The molecule has 1 heterocycles. The lowest BCUT2D eigenvalue weighted by Gasteiger charge is -2.36. The number of ether oxygens (including phenoxy) is 1. The largest absolute Gasteiger partial charge is 0.444 e. The summed E-state index contributed by atoms with van der Waals surface area (Å²) in [5.41, 5.74) is -0.460. The maximum atomic E-state index is 11.6. The summed E-state index contributed by atoms with van der Waals surface area (Å²) in [7, 11) is 1.96. The van der Waals surface area contributed by atoms with Gasteiger partial charge in [-0.2, -0.15) is 0 Å². The van der Waals surface area contributed by atoms with Crippen molar-refractivity contribution < 1.29 is 14.6 Å². The van der Waals surface area contributed by atoms with Crippen molar-refractivity contribution in [3.63, 3.8) is 0 Å². The first-order chi connectivity index (χ1) is 7.81. The lowest BCUT2D eigenvalue weighted by atomic mass is 9.99. The molecule has 5 nitrogen and oxygen atoms in total. The van der Waals surface area contributed by atoms with Crippen molar-refractivity contribution in [2.24, 2.45) is 0 Å². The monoisotopic (exact) mass is 244 g/mol. The van der Waals surface area contributed by atoms with Gasteiger partial charge < -0.3 is 15.2 Å². The van der Waals surface area contributed by atoms with E-state index in [0.717, 1.165) is 19.4 Å². The van der Waals surface area contributed by atoms with E-state index < -0.39 is 5.60 Å². The molecular formula is C12H24N2O3. The van der Waals surface area contributed by atoms with E-state index in [1.165, 1.54) is 0 Å². The van der Waals surface area contributed by atoms with Crippen LogP contribution in [0, 0.1) is 0 Å². The number of hydrogen-bond donors (Lipinski definition) is 2. The number of amides is 1. The number of piperidine rings is 1. The Balaban J connectivity index is 2.36. The van der Waals surface area contributed by atoms with Gasteiger partial charge in [-0.3, -0.25) is 4.90 Å². The minimum absolute atomic E-state index is 0.109. The van der Waals surface area contributed by atoms with Crippen LogP contribution in [0.25, 0.3) is 0 Å². The Morgan fingerprint density at radius 3 is 2.59 bits per heavy atom. The number of alkyl carbamates (subject to hydrolysis) is 1. The molecule has 0 aliphatic carbocycles. The first-order valence-corrected chi connectivity index (χ1v) is 6.12. The van der Waals surface area contributed by atoms with Crippen LogP contribution in [0.5, 0.6) is 0 Å². The number of carbonyl (C=O) groups excluding carboxylic acids is 1. The number of carbonyl (C=O) groups is 1. The van der Waals surface area contributed by atoms with Gasteiger partial charge in [0.2, 0.25) is 0 Å². The van der Waals surface area contributed by atoms with Crippen LogP contribution in [0.2, 0.25) is 0 Å². The Labute approximate surface area is 103 Å². The molecule has 2 N–H and O–H groups in total. The Morgan fingerprint density at radius 1 is 1.47 bits per heavy atom. The lowest BCUT2D eigenvalue weighted by Crippen LogP contribution is -2.52. The second kappa shape index (κ2) is 5.69. The molecule has 2 unspecified atom stereocenters. The summed E-state index contributed by atoms with van der Waals surface area (Å²) in [6.07, 6.45) is 1.42. The summed E-state index contributed by atoms with van der Waals surface area (Å²) in [6, 6.07) is 0.323. The molecule has 1 aliphatic rings. The zero-order chi connectivity index (χ0) is 13.1. The van der Waals surface area contributed by atoms with Gasteiger partial charge in [-0.1, -0.05) is 0 Å². The zero-order valence-electron chi connectivity index (χ0n) is 11.2. The number of nitrogens with zero attached hydrogens (tertiary/aromatic N) is 1. The van der Waals surface area contributed by atoms with Crippen LogP contribution in [0.1, 0.15) is 33.6 Å². The Hall–Kier alpha value is -0.810. The highest BCUT2D eigenvalue weighted by atomic mass is 16.6. The molecular weight excluding hydrogens is 220 g/mol. The van der Waals surface area contributed by atoms with Gasteiger partial charge in [0.05, 0.1) is 6.61 Å². The molecule has 0 radical (unpaired) electrons. The van der Waals surface area contributed by atoms with E-state index in [2.05, 4.69) is 10.2 Å². The predicted molar refractivity (Wildman–Crippen MR) is 65.9 cm³/mol. The van der Waals surface area contributed by atoms with Crippen LogP contribution in [-0.4, -0.2) is 54.0 Å². The van der Waals surface area contributed by atoms with Gasteiger partial charge in [-0.25, -0.2) is 4.79 Å². The molecule has 0 aromatic carbocycles. The van der Waals surface area contributed by atoms with Crippen LogP contribution in [0.4, 0.5) is 4.79 Å². The van der Waals surface area contributed by atoms with Crippen molar-refractivity contribution in [1.82, 2.24) is 10.2 Å². The highest BCUT2D eigenvalue weighted by molar-refractivity contribution is 5.68. The van der Waals surface area contributed by atoms with Crippen molar-refractivity contribution in [3.05, 3.63) is 0 Å². The predicted octanol–water partition coefficient (Wildman–Crippen LogP) is 0.966. The van der Waals surface area contributed by atoms with Gasteiger partial charge in [0.25, 0.3) is 0 Å². The minimum atomic E-state index is -0.460. The van der Waals surface area contributed by atoms with E-state index in [9.17, 15) is 4.79 Å². The number of likely N-dealkylation sites (N-methyl/N-ethyl adjacent to an activating group) is 1. The minimum Gasteiger partial charge on any atom is -0.444 e. The standard InChI is InChI=1S/C12H24N2O3/c1-12(2,3)17-11(16)13-9-5-6-10(8-15)14(4)7-9/h9-10,15H,5-8H2,1-4H3,(H,13,16). The summed E-state index contributed by atoms with van der Waals surface area (Å²) in [6.45, 7) is 6.48. The van der Waals surface area contributed by atoms with Crippen LogP contribution in [0.15, 0.2) is 0 Å². The van der Waals surface area contributed by atoms with E-state index in [1.54, 1.807) is 0 Å². The van der Waals surface area contributed by atoms with Gasteiger partial charge in [-0.15, -0.1) is 0 Å². The van der Waals surface area contributed by atoms with Crippen LogP contribution in [-0.2, 0) is 4.74 Å². The Kier molecular flexibility index (Phi) is 4.77. The third kappa shape index (κ3) is 4.91. The number of likely N-dealkylation sites (tertiary alicyclic amines) is 1. The van der Waals surface area contributed by atoms with Crippen LogP contribution >= 0.6 is 0 Å². The number of nitrogens with one attached hydrogen (secondary N) is 1. The normalized spacial score (nSPS) is 26.6. The van der Waals surface area contributed by atoms with Gasteiger partial charge >= 0.3 is 6.09 Å². The fraction of sp³-hybridized carbons (Fsp3) is 0.917.